The predicted molar refractivity (Wildman–Crippen MR) is 29.8 cm³/mol. The lowest BCUT2D eigenvalue weighted by Gasteiger charge is -1.91. The Kier molecular flexibility index (Phi) is 1.77. The molecular formula is C5H7O2P. The van der Waals surface area contributed by atoms with Gasteiger partial charge in [0.25, 0.3) is 0 Å². The maximum atomic E-state index is 10.2. The first kappa shape index (κ1) is 5.93. The summed E-state index contributed by atoms with van der Waals surface area (Å²) in [5, 5.41) is 0. The van der Waals surface area contributed by atoms with E-state index in [1.54, 1.807) is 6.08 Å². The molecule has 1 aliphatic rings. The van der Waals surface area contributed by atoms with Crippen molar-refractivity contribution in [3.63, 3.8) is 0 Å². The van der Waals surface area contributed by atoms with Crippen molar-refractivity contribution in [1.29, 1.82) is 0 Å². The largest absolute Gasteiger partial charge is 0.595 e. The molecule has 0 amide bonds. The summed E-state index contributed by atoms with van der Waals surface area (Å²) in [4.78, 5) is 10.2. The standard InChI is InChI=1S/C5H7O2P/c6-8(7)5-3-1-2-4-5/h1,3,5H,2,4H2. The van der Waals surface area contributed by atoms with Crippen LogP contribution in [0.4, 0.5) is 0 Å². The van der Waals surface area contributed by atoms with E-state index < -0.39 is 8.03 Å². The van der Waals surface area contributed by atoms with Gasteiger partial charge in [-0.3, -0.25) is 0 Å². The monoisotopic (exact) mass is 130 g/mol. The zero-order valence-electron chi connectivity index (χ0n) is 4.41. The van der Waals surface area contributed by atoms with Crippen molar-refractivity contribution in [2.75, 3.05) is 0 Å². The Hall–Kier alpha value is -0.200. The van der Waals surface area contributed by atoms with Gasteiger partial charge in [0.2, 0.25) is 0 Å². The average molecular weight is 130 g/mol. The highest BCUT2D eigenvalue weighted by molar-refractivity contribution is 7.37. The molecule has 44 valence electrons. The fourth-order valence-electron chi connectivity index (χ4n) is 0.792. The topological polar surface area (TPSA) is 40.1 Å². The molecule has 0 fully saturated rings. The van der Waals surface area contributed by atoms with Gasteiger partial charge in [-0.25, -0.2) is 0 Å². The molecule has 2 atom stereocenters. The van der Waals surface area contributed by atoms with E-state index in [-0.39, 0.29) is 5.66 Å². The van der Waals surface area contributed by atoms with Crippen molar-refractivity contribution in [3.8, 4) is 0 Å². The summed E-state index contributed by atoms with van der Waals surface area (Å²) in [5.74, 6) is 0. The summed E-state index contributed by atoms with van der Waals surface area (Å²) in [6, 6.07) is 0. The van der Waals surface area contributed by atoms with Crippen molar-refractivity contribution in [2.45, 2.75) is 18.5 Å². The summed E-state index contributed by atoms with van der Waals surface area (Å²) < 4.78 is 10.2. The summed E-state index contributed by atoms with van der Waals surface area (Å²) in [6.07, 6.45) is 5.38. The van der Waals surface area contributed by atoms with E-state index in [2.05, 4.69) is 0 Å². The summed E-state index contributed by atoms with van der Waals surface area (Å²) in [7, 11) is -2.19. The highest BCUT2D eigenvalue weighted by atomic mass is 31.1. The maximum Gasteiger partial charge on any atom is 0.316 e. The normalized spacial score (nSPS) is 28.6. The fourth-order valence-corrected chi connectivity index (χ4v) is 1.41. The summed E-state index contributed by atoms with van der Waals surface area (Å²) >= 11 is 0. The lowest BCUT2D eigenvalue weighted by molar-refractivity contribution is -0.165. The predicted octanol–water partition coefficient (Wildman–Crippen LogP) is 0.808. The molecule has 0 aromatic rings. The van der Waals surface area contributed by atoms with Crippen LogP contribution in [0.2, 0.25) is 0 Å². The smallest absolute Gasteiger partial charge is 0.316 e. The minimum absolute atomic E-state index is 0.162. The van der Waals surface area contributed by atoms with Gasteiger partial charge in [0, 0.05) is 6.42 Å². The van der Waals surface area contributed by atoms with Crippen LogP contribution in [0.3, 0.4) is 0 Å². The van der Waals surface area contributed by atoms with Gasteiger partial charge in [-0.2, -0.15) is 0 Å². The van der Waals surface area contributed by atoms with Gasteiger partial charge in [-0.05, 0) is 12.5 Å². The highest BCUT2D eigenvalue weighted by Crippen LogP contribution is 2.27. The van der Waals surface area contributed by atoms with Crippen molar-refractivity contribution in [1.82, 2.24) is 0 Å². The molecule has 0 N–H and O–H groups in total. The third kappa shape index (κ3) is 1.15. The van der Waals surface area contributed by atoms with E-state index in [0.29, 0.717) is 0 Å². The van der Waals surface area contributed by atoms with E-state index in [9.17, 15) is 9.46 Å². The molecule has 0 heterocycles. The van der Waals surface area contributed by atoms with Crippen LogP contribution < -0.4 is 4.89 Å². The van der Waals surface area contributed by atoms with E-state index in [1.165, 1.54) is 0 Å². The molecule has 8 heavy (non-hydrogen) atoms. The first-order valence-electron chi connectivity index (χ1n) is 2.61. The van der Waals surface area contributed by atoms with Gasteiger partial charge in [-0.1, -0.05) is 10.6 Å². The second kappa shape index (κ2) is 2.38. The van der Waals surface area contributed by atoms with Crippen molar-refractivity contribution >= 4 is 8.03 Å². The third-order valence-electron chi connectivity index (χ3n) is 1.26. The molecule has 1 rings (SSSR count). The van der Waals surface area contributed by atoms with Gasteiger partial charge in [0.1, 0.15) is 0 Å². The average Bonchev–Trinajstić information content (AvgIpc) is 2.12. The van der Waals surface area contributed by atoms with Gasteiger partial charge < -0.3 is 4.89 Å². The van der Waals surface area contributed by atoms with Gasteiger partial charge in [0.05, 0.1) is 0 Å². The Morgan fingerprint density at radius 3 is 2.75 bits per heavy atom. The molecule has 2 nitrogen and oxygen atoms in total. The third-order valence-corrected chi connectivity index (χ3v) is 2.23. The van der Waals surface area contributed by atoms with Crippen LogP contribution in [0, 0.1) is 0 Å². The van der Waals surface area contributed by atoms with E-state index in [4.69, 9.17) is 0 Å². The number of hydrogen-bond acceptors (Lipinski definition) is 2. The Labute approximate surface area is 49.1 Å². The highest BCUT2D eigenvalue weighted by Gasteiger charge is 2.19. The minimum Gasteiger partial charge on any atom is -0.595 e. The van der Waals surface area contributed by atoms with E-state index >= 15 is 0 Å². The van der Waals surface area contributed by atoms with Gasteiger partial charge in [0.15, 0.2) is 5.66 Å². The molecule has 3 heteroatoms. The van der Waals surface area contributed by atoms with Gasteiger partial charge >= 0.3 is 8.03 Å². The Balaban J connectivity index is 2.48. The molecule has 2 unspecified atom stereocenters. The molecule has 1 aliphatic carbocycles. The molecular weight excluding hydrogens is 123 g/mol. The molecule has 0 bridgehead atoms. The fraction of sp³-hybridized carbons (Fsp3) is 0.600. The minimum atomic E-state index is -2.19. The summed E-state index contributed by atoms with van der Waals surface area (Å²) in [6.45, 7) is 0. The van der Waals surface area contributed by atoms with Crippen LogP contribution in [-0.2, 0) is 4.57 Å². The maximum absolute atomic E-state index is 10.2. The Morgan fingerprint density at radius 2 is 2.50 bits per heavy atom. The second-order valence-electron chi connectivity index (χ2n) is 1.86. The van der Waals surface area contributed by atoms with Crippen LogP contribution >= 0.6 is 8.03 Å². The molecule has 0 radical (unpaired) electrons. The van der Waals surface area contributed by atoms with E-state index in [0.717, 1.165) is 12.8 Å². The number of hydrogen-bond donors (Lipinski definition) is 0. The zero-order chi connectivity index (χ0) is 5.98. The molecule has 0 aromatic carbocycles. The van der Waals surface area contributed by atoms with Crippen LogP contribution in [0.25, 0.3) is 0 Å². The van der Waals surface area contributed by atoms with Gasteiger partial charge in [-0.15, -0.1) is 0 Å². The molecule has 0 saturated heterocycles. The van der Waals surface area contributed by atoms with Crippen LogP contribution in [0.5, 0.6) is 0 Å². The first-order chi connectivity index (χ1) is 3.80. The van der Waals surface area contributed by atoms with Crippen LogP contribution in [-0.4, -0.2) is 5.66 Å². The first-order valence-corrected chi connectivity index (χ1v) is 3.85. The van der Waals surface area contributed by atoms with Crippen LogP contribution in [0.15, 0.2) is 12.2 Å². The molecule has 0 saturated carbocycles. The Bertz CT molecular complexity index is 130. The SMILES string of the molecule is O=[P+]([O-])C1C=CCC1. The van der Waals surface area contributed by atoms with Crippen molar-refractivity contribution in [3.05, 3.63) is 12.2 Å². The van der Waals surface area contributed by atoms with Crippen LogP contribution in [0.1, 0.15) is 12.8 Å². The lowest BCUT2D eigenvalue weighted by atomic mass is 10.4. The molecule has 0 aromatic heterocycles. The number of allylic oxidation sites excluding steroid dienone is 2. The van der Waals surface area contributed by atoms with E-state index in [1.807, 2.05) is 6.08 Å². The summed E-state index contributed by atoms with van der Waals surface area (Å²) in [5.41, 5.74) is -0.162. The molecule has 0 aliphatic heterocycles. The second-order valence-corrected chi connectivity index (χ2v) is 3.09. The number of rotatable bonds is 1. The zero-order valence-corrected chi connectivity index (χ0v) is 5.30. The van der Waals surface area contributed by atoms with Crippen molar-refractivity contribution in [2.24, 2.45) is 0 Å². The molecule has 0 spiro atoms. The lowest BCUT2D eigenvalue weighted by Crippen LogP contribution is -2.00. The Morgan fingerprint density at radius 1 is 1.75 bits per heavy atom. The quantitative estimate of drug-likeness (QED) is 0.389. The van der Waals surface area contributed by atoms with Crippen molar-refractivity contribution < 1.29 is 9.46 Å².